The number of para-hydroxylation sites is 1. The van der Waals surface area contributed by atoms with Gasteiger partial charge < -0.3 is 0 Å². The Morgan fingerprint density at radius 1 is 1.15 bits per heavy atom. The standard InChI is InChI=1S/C23H16BrN5O4S/c24-16-8-10-17(11-9-16)28-22(31)19-6-1-2-7-20(19)26-23(28)34-14-21(30)27-25-13-15-4-3-5-18(12-15)29(32)33/h1-13H,14H2,(H,27,30). The van der Waals surface area contributed by atoms with Gasteiger partial charge in [0.1, 0.15) is 0 Å². The highest BCUT2D eigenvalue weighted by atomic mass is 79.9. The summed E-state index contributed by atoms with van der Waals surface area (Å²) >= 11 is 4.49. The molecule has 1 N–H and O–H groups in total. The molecule has 0 bridgehead atoms. The van der Waals surface area contributed by atoms with Gasteiger partial charge in [0.2, 0.25) is 0 Å². The van der Waals surface area contributed by atoms with Crippen LogP contribution in [0.15, 0.2) is 92.3 Å². The second kappa shape index (κ2) is 10.4. The van der Waals surface area contributed by atoms with Gasteiger partial charge in [-0.15, -0.1) is 0 Å². The largest absolute Gasteiger partial charge is 0.272 e. The molecule has 4 rings (SSSR count). The fourth-order valence-corrected chi connectivity index (χ4v) is 4.16. The van der Waals surface area contributed by atoms with E-state index >= 15 is 0 Å². The quantitative estimate of drug-likeness (QED) is 0.123. The molecule has 0 saturated heterocycles. The molecule has 4 aromatic rings. The maximum absolute atomic E-state index is 13.2. The average molecular weight is 538 g/mol. The van der Waals surface area contributed by atoms with E-state index in [4.69, 9.17) is 0 Å². The molecular formula is C23H16BrN5O4S. The van der Waals surface area contributed by atoms with Crippen molar-refractivity contribution in [2.45, 2.75) is 5.16 Å². The van der Waals surface area contributed by atoms with Crippen molar-refractivity contribution in [1.29, 1.82) is 0 Å². The number of carbonyl (C=O) groups is 1. The fourth-order valence-electron chi connectivity index (χ4n) is 3.09. The van der Waals surface area contributed by atoms with Crippen molar-refractivity contribution >= 4 is 56.4 Å². The predicted molar refractivity (Wildman–Crippen MR) is 135 cm³/mol. The molecule has 0 atom stereocenters. The lowest BCUT2D eigenvalue weighted by molar-refractivity contribution is -0.384. The highest BCUT2D eigenvalue weighted by molar-refractivity contribution is 9.10. The number of nitrogens with one attached hydrogen (secondary N) is 1. The van der Waals surface area contributed by atoms with Crippen LogP contribution in [-0.4, -0.2) is 32.3 Å². The molecule has 170 valence electrons. The van der Waals surface area contributed by atoms with Crippen molar-refractivity contribution < 1.29 is 9.72 Å². The number of hydrogen-bond donors (Lipinski definition) is 1. The molecule has 3 aromatic carbocycles. The van der Waals surface area contributed by atoms with E-state index in [1.165, 1.54) is 29.0 Å². The number of fused-ring (bicyclic) bond motifs is 1. The van der Waals surface area contributed by atoms with Crippen LogP contribution >= 0.6 is 27.7 Å². The number of halogens is 1. The summed E-state index contributed by atoms with van der Waals surface area (Å²) in [5.41, 5.74) is 3.71. The topological polar surface area (TPSA) is 119 Å². The Morgan fingerprint density at radius 2 is 1.91 bits per heavy atom. The lowest BCUT2D eigenvalue weighted by Gasteiger charge is -2.13. The van der Waals surface area contributed by atoms with Crippen LogP contribution in [-0.2, 0) is 4.79 Å². The summed E-state index contributed by atoms with van der Waals surface area (Å²) in [6.45, 7) is 0. The van der Waals surface area contributed by atoms with Gasteiger partial charge in [0, 0.05) is 22.2 Å². The van der Waals surface area contributed by atoms with Crippen molar-refractivity contribution in [2.75, 3.05) is 5.75 Å². The number of nitro benzene ring substituents is 1. The number of carbonyl (C=O) groups excluding carboxylic acids is 1. The highest BCUT2D eigenvalue weighted by Gasteiger charge is 2.14. The molecule has 0 aliphatic heterocycles. The van der Waals surface area contributed by atoms with Gasteiger partial charge in [-0.2, -0.15) is 5.10 Å². The summed E-state index contributed by atoms with van der Waals surface area (Å²) in [7, 11) is 0. The van der Waals surface area contributed by atoms with E-state index in [1.54, 1.807) is 42.5 Å². The summed E-state index contributed by atoms with van der Waals surface area (Å²) in [6.07, 6.45) is 1.32. The number of aromatic nitrogens is 2. The van der Waals surface area contributed by atoms with E-state index < -0.39 is 10.8 Å². The van der Waals surface area contributed by atoms with Crippen LogP contribution in [0.25, 0.3) is 16.6 Å². The number of non-ortho nitro benzene ring substituents is 1. The van der Waals surface area contributed by atoms with E-state index in [0.29, 0.717) is 27.3 Å². The smallest absolute Gasteiger partial charge is 0.270 e. The highest BCUT2D eigenvalue weighted by Crippen LogP contribution is 2.22. The maximum Gasteiger partial charge on any atom is 0.270 e. The van der Waals surface area contributed by atoms with Crippen LogP contribution in [0.1, 0.15) is 5.56 Å². The van der Waals surface area contributed by atoms with Gasteiger partial charge in [0.15, 0.2) is 5.16 Å². The molecule has 0 aliphatic carbocycles. The van der Waals surface area contributed by atoms with Crippen molar-refractivity contribution in [3.63, 3.8) is 0 Å². The molecule has 0 saturated carbocycles. The van der Waals surface area contributed by atoms with Gasteiger partial charge in [-0.05, 0) is 36.4 Å². The number of thioether (sulfide) groups is 1. The van der Waals surface area contributed by atoms with E-state index in [9.17, 15) is 19.7 Å². The van der Waals surface area contributed by atoms with Crippen LogP contribution < -0.4 is 11.0 Å². The molecule has 0 unspecified atom stereocenters. The Morgan fingerprint density at radius 3 is 2.68 bits per heavy atom. The minimum atomic E-state index is -0.506. The Labute approximate surface area is 205 Å². The molecule has 0 fully saturated rings. The second-order valence-corrected chi connectivity index (χ2v) is 8.82. The summed E-state index contributed by atoms with van der Waals surface area (Å²) < 4.78 is 2.34. The monoisotopic (exact) mass is 537 g/mol. The molecule has 1 aromatic heterocycles. The summed E-state index contributed by atoms with van der Waals surface area (Å²) in [4.78, 5) is 40.5. The third kappa shape index (κ3) is 5.38. The van der Waals surface area contributed by atoms with Gasteiger partial charge in [-0.1, -0.05) is 52.0 Å². The number of hydrogen-bond acceptors (Lipinski definition) is 7. The zero-order valence-corrected chi connectivity index (χ0v) is 19.8. The van der Waals surface area contributed by atoms with E-state index in [0.717, 1.165) is 16.2 Å². The van der Waals surface area contributed by atoms with Gasteiger partial charge in [-0.3, -0.25) is 24.3 Å². The van der Waals surface area contributed by atoms with Crippen molar-refractivity contribution in [2.24, 2.45) is 5.10 Å². The lowest BCUT2D eigenvalue weighted by Crippen LogP contribution is -2.24. The van der Waals surface area contributed by atoms with Gasteiger partial charge in [-0.25, -0.2) is 10.4 Å². The SMILES string of the molecule is O=C(CSc1nc2ccccc2c(=O)n1-c1ccc(Br)cc1)NN=Cc1cccc([N+](=O)[O-])c1. The van der Waals surface area contributed by atoms with E-state index in [-0.39, 0.29) is 17.0 Å². The zero-order valence-electron chi connectivity index (χ0n) is 17.4. The Bertz CT molecular complexity index is 1470. The van der Waals surface area contributed by atoms with Crippen molar-refractivity contribution in [1.82, 2.24) is 15.0 Å². The molecule has 1 heterocycles. The van der Waals surface area contributed by atoms with Crippen LogP contribution in [0.2, 0.25) is 0 Å². The van der Waals surface area contributed by atoms with Crippen LogP contribution in [0.5, 0.6) is 0 Å². The minimum Gasteiger partial charge on any atom is -0.272 e. The Hall–Kier alpha value is -3.83. The lowest BCUT2D eigenvalue weighted by atomic mass is 10.2. The summed E-state index contributed by atoms with van der Waals surface area (Å²) in [6, 6.07) is 20.1. The first-order valence-corrected chi connectivity index (χ1v) is 11.7. The van der Waals surface area contributed by atoms with Gasteiger partial charge in [0.25, 0.3) is 17.2 Å². The number of hydrazone groups is 1. The van der Waals surface area contributed by atoms with E-state index in [1.807, 2.05) is 12.1 Å². The normalized spacial score (nSPS) is 11.1. The van der Waals surface area contributed by atoms with Gasteiger partial charge >= 0.3 is 0 Å². The van der Waals surface area contributed by atoms with Crippen LogP contribution in [0.4, 0.5) is 5.69 Å². The predicted octanol–water partition coefficient (Wildman–Crippen LogP) is 4.30. The second-order valence-electron chi connectivity index (χ2n) is 6.96. The average Bonchev–Trinajstić information content (AvgIpc) is 2.84. The Balaban J connectivity index is 1.53. The number of rotatable bonds is 7. The van der Waals surface area contributed by atoms with Crippen molar-refractivity contribution in [3.05, 3.63) is 103 Å². The minimum absolute atomic E-state index is 0.0480. The van der Waals surface area contributed by atoms with Crippen LogP contribution in [0, 0.1) is 10.1 Å². The number of benzene rings is 3. The first-order chi connectivity index (χ1) is 16.4. The molecular weight excluding hydrogens is 522 g/mol. The summed E-state index contributed by atoms with van der Waals surface area (Å²) in [5.74, 6) is -0.468. The first kappa shape index (κ1) is 23.3. The molecule has 1 amide bonds. The third-order valence-corrected chi connectivity index (χ3v) is 6.11. The summed E-state index contributed by atoms with van der Waals surface area (Å²) in [5, 5.41) is 15.6. The Kier molecular flexibility index (Phi) is 7.14. The first-order valence-electron chi connectivity index (χ1n) is 9.89. The molecule has 0 radical (unpaired) electrons. The molecule has 0 spiro atoms. The third-order valence-electron chi connectivity index (χ3n) is 4.65. The van der Waals surface area contributed by atoms with Crippen LogP contribution in [0.3, 0.4) is 0 Å². The molecule has 34 heavy (non-hydrogen) atoms. The zero-order chi connectivity index (χ0) is 24.1. The van der Waals surface area contributed by atoms with Crippen molar-refractivity contribution in [3.8, 4) is 5.69 Å². The van der Waals surface area contributed by atoms with Gasteiger partial charge in [0.05, 0.1) is 33.5 Å². The molecule has 0 aliphatic rings. The number of nitro groups is 1. The fraction of sp³-hybridized carbons (Fsp3) is 0.0435. The number of nitrogens with zero attached hydrogens (tertiary/aromatic N) is 4. The number of amides is 1. The maximum atomic E-state index is 13.2. The molecule has 9 nitrogen and oxygen atoms in total. The molecule has 11 heteroatoms. The van der Waals surface area contributed by atoms with E-state index in [2.05, 4.69) is 31.4 Å².